The average Bonchev–Trinajstić information content (AvgIpc) is 2.89. The number of nitrogens with one attached hydrogen (secondary N) is 1. The zero-order valence-corrected chi connectivity index (χ0v) is 11.0. The van der Waals surface area contributed by atoms with E-state index in [4.69, 9.17) is 4.74 Å². The highest BCUT2D eigenvalue weighted by Crippen LogP contribution is 2.30. The third-order valence-electron chi connectivity index (χ3n) is 3.40. The number of benzene rings is 1. The molecular weight excluding hydrogens is 264 g/mol. The van der Waals surface area contributed by atoms with Gasteiger partial charge in [0.15, 0.2) is 0 Å². The van der Waals surface area contributed by atoms with Gasteiger partial charge in [0.2, 0.25) is 5.91 Å². The van der Waals surface area contributed by atoms with Crippen LogP contribution in [-0.4, -0.2) is 28.6 Å². The summed E-state index contributed by atoms with van der Waals surface area (Å²) in [4.78, 5) is 22.3. The second kappa shape index (κ2) is 5.87. The predicted octanol–water partition coefficient (Wildman–Crippen LogP) is 2.05. The van der Waals surface area contributed by atoms with Crippen molar-refractivity contribution in [3.63, 3.8) is 0 Å². The molecule has 1 saturated heterocycles. The molecule has 2 N–H and O–H groups in total. The van der Waals surface area contributed by atoms with Crippen molar-refractivity contribution >= 4 is 17.3 Å². The summed E-state index contributed by atoms with van der Waals surface area (Å²) < 4.78 is 5.43. The summed E-state index contributed by atoms with van der Waals surface area (Å²) in [5.41, 5.74) is -0.140. The number of amides is 1. The number of nitro benzene ring substituents is 1. The maximum atomic E-state index is 12.1. The first-order valence-electron chi connectivity index (χ1n) is 6.42. The van der Waals surface area contributed by atoms with Gasteiger partial charge in [0, 0.05) is 18.7 Å². The second-order valence-electron chi connectivity index (χ2n) is 4.66. The van der Waals surface area contributed by atoms with Crippen molar-refractivity contribution in [3.8, 4) is 5.75 Å². The molecule has 108 valence electrons. The molecule has 0 radical (unpaired) electrons. The maximum Gasteiger partial charge on any atom is 0.271 e. The number of nitrogens with zero attached hydrogens (tertiary/aromatic N) is 1. The van der Waals surface area contributed by atoms with Gasteiger partial charge in [-0.15, -0.1) is 0 Å². The van der Waals surface area contributed by atoms with Crippen LogP contribution in [0.4, 0.5) is 11.4 Å². The van der Waals surface area contributed by atoms with Crippen LogP contribution in [0.5, 0.6) is 5.75 Å². The van der Waals surface area contributed by atoms with Gasteiger partial charge < -0.3 is 15.2 Å². The molecule has 2 rings (SSSR count). The Hall–Kier alpha value is -2.15. The van der Waals surface area contributed by atoms with Crippen molar-refractivity contribution in [2.45, 2.75) is 25.9 Å². The van der Waals surface area contributed by atoms with E-state index in [2.05, 4.69) is 5.32 Å². The largest absolute Gasteiger partial charge is 0.506 e. The quantitative estimate of drug-likeness (QED) is 0.499. The summed E-state index contributed by atoms with van der Waals surface area (Å²) >= 11 is 0. The van der Waals surface area contributed by atoms with Gasteiger partial charge >= 0.3 is 0 Å². The Balaban J connectivity index is 2.15. The minimum atomic E-state index is -0.581. The highest BCUT2D eigenvalue weighted by Gasteiger charge is 2.33. The zero-order chi connectivity index (χ0) is 14.7. The van der Waals surface area contributed by atoms with E-state index in [0.717, 1.165) is 12.5 Å². The molecule has 1 aromatic carbocycles. The first kappa shape index (κ1) is 14.3. The Labute approximate surface area is 115 Å². The lowest BCUT2D eigenvalue weighted by atomic mass is 9.98. The van der Waals surface area contributed by atoms with Crippen LogP contribution in [0.15, 0.2) is 18.2 Å². The summed E-state index contributed by atoms with van der Waals surface area (Å²) in [5, 5.41) is 22.9. The van der Waals surface area contributed by atoms with Gasteiger partial charge in [0.1, 0.15) is 5.75 Å². The van der Waals surface area contributed by atoms with Gasteiger partial charge in [-0.3, -0.25) is 14.9 Å². The van der Waals surface area contributed by atoms with E-state index < -0.39 is 4.92 Å². The molecule has 7 nitrogen and oxygen atoms in total. The summed E-state index contributed by atoms with van der Waals surface area (Å²) in [6.07, 6.45) is 1.19. The minimum Gasteiger partial charge on any atom is -0.506 e. The van der Waals surface area contributed by atoms with Crippen molar-refractivity contribution in [1.29, 1.82) is 0 Å². The smallest absolute Gasteiger partial charge is 0.271 e. The molecule has 1 amide bonds. The van der Waals surface area contributed by atoms with Gasteiger partial charge in [0.25, 0.3) is 5.69 Å². The van der Waals surface area contributed by atoms with E-state index >= 15 is 0 Å². The number of aromatic hydroxyl groups is 1. The van der Waals surface area contributed by atoms with E-state index in [9.17, 15) is 20.0 Å². The number of carbonyl (C=O) groups excluding carboxylic acids is 1. The van der Waals surface area contributed by atoms with Crippen molar-refractivity contribution in [1.82, 2.24) is 0 Å². The molecule has 0 bridgehead atoms. The minimum absolute atomic E-state index is 0.0472. The lowest BCUT2D eigenvalue weighted by Gasteiger charge is -2.16. The molecule has 20 heavy (non-hydrogen) atoms. The number of phenolic OH excluding ortho intramolecular Hbond substituents is 1. The van der Waals surface area contributed by atoms with E-state index in [1.165, 1.54) is 12.1 Å². The van der Waals surface area contributed by atoms with E-state index in [1.807, 2.05) is 6.92 Å². The number of rotatable bonds is 4. The lowest BCUT2D eigenvalue weighted by molar-refractivity contribution is -0.384. The monoisotopic (exact) mass is 280 g/mol. The molecule has 0 spiro atoms. The first-order valence-corrected chi connectivity index (χ1v) is 6.42. The number of hydrogen-bond donors (Lipinski definition) is 2. The number of carbonyl (C=O) groups is 1. The summed E-state index contributed by atoms with van der Waals surface area (Å²) in [6.45, 7) is 2.46. The normalized spacial score (nSPS) is 21.6. The van der Waals surface area contributed by atoms with Crippen LogP contribution in [-0.2, 0) is 9.53 Å². The van der Waals surface area contributed by atoms with Crippen molar-refractivity contribution in [3.05, 3.63) is 28.3 Å². The number of nitro groups is 1. The Morgan fingerprint density at radius 3 is 3.00 bits per heavy atom. The molecule has 0 aromatic heterocycles. The fourth-order valence-corrected chi connectivity index (χ4v) is 2.31. The number of hydrogen-bond acceptors (Lipinski definition) is 5. The van der Waals surface area contributed by atoms with E-state index in [0.29, 0.717) is 13.0 Å². The molecule has 0 aliphatic carbocycles. The molecule has 2 atom stereocenters. The number of non-ortho nitro benzene ring substituents is 1. The van der Waals surface area contributed by atoms with Crippen LogP contribution < -0.4 is 5.32 Å². The van der Waals surface area contributed by atoms with Crippen molar-refractivity contribution in [2.24, 2.45) is 5.92 Å². The van der Waals surface area contributed by atoms with Gasteiger partial charge in [-0.2, -0.15) is 0 Å². The average molecular weight is 280 g/mol. The summed E-state index contributed by atoms with van der Waals surface area (Å²) in [6, 6.07) is 3.51. The second-order valence-corrected chi connectivity index (χ2v) is 4.66. The predicted molar refractivity (Wildman–Crippen MR) is 71.5 cm³/mol. The van der Waals surface area contributed by atoms with Crippen LogP contribution in [0.3, 0.4) is 0 Å². The van der Waals surface area contributed by atoms with Crippen LogP contribution in [0.25, 0.3) is 0 Å². The highest BCUT2D eigenvalue weighted by atomic mass is 16.6. The Morgan fingerprint density at radius 2 is 2.35 bits per heavy atom. The number of phenols is 1. The summed E-state index contributed by atoms with van der Waals surface area (Å²) in [7, 11) is 0. The Bertz CT molecular complexity index is 531. The molecule has 1 fully saturated rings. The van der Waals surface area contributed by atoms with Crippen LogP contribution in [0, 0.1) is 16.0 Å². The molecule has 1 aliphatic rings. The summed E-state index contributed by atoms with van der Waals surface area (Å²) in [5.74, 6) is -0.778. The Morgan fingerprint density at radius 1 is 1.60 bits per heavy atom. The van der Waals surface area contributed by atoms with Crippen LogP contribution in [0.2, 0.25) is 0 Å². The highest BCUT2D eigenvalue weighted by molar-refractivity contribution is 5.94. The fourth-order valence-electron chi connectivity index (χ4n) is 2.31. The van der Waals surface area contributed by atoms with Gasteiger partial charge in [-0.05, 0) is 18.9 Å². The molecule has 1 aliphatic heterocycles. The zero-order valence-electron chi connectivity index (χ0n) is 11.0. The topological polar surface area (TPSA) is 102 Å². The third kappa shape index (κ3) is 2.88. The Kier molecular flexibility index (Phi) is 4.19. The van der Waals surface area contributed by atoms with E-state index in [1.54, 1.807) is 0 Å². The van der Waals surface area contributed by atoms with E-state index in [-0.39, 0.29) is 35.1 Å². The molecule has 1 aromatic rings. The first-order chi connectivity index (χ1) is 9.52. The molecule has 7 heteroatoms. The SMILES string of the molecule is CCC1OCCC1C(=O)Nc1cc([N+](=O)[O-])ccc1O. The van der Waals surface area contributed by atoms with Gasteiger partial charge in [0.05, 0.1) is 22.6 Å². The van der Waals surface area contributed by atoms with Crippen LogP contribution >= 0.6 is 0 Å². The maximum absolute atomic E-state index is 12.1. The number of ether oxygens (including phenoxy) is 1. The molecule has 2 unspecified atom stereocenters. The van der Waals surface area contributed by atoms with Crippen LogP contribution in [0.1, 0.15) is 19.8 Å². The van der Waals surface area contributed by atoms with Crippen molar-refractivity contribution in [2.75, 3.05) is 11.9 Å². The van der Waals surface area contributed by atoms with Gasteiger partial charge in [-0.1, -0.05) is 6.92 Å². The standard InChI is InChI=1S/C13H16N2O5/c1-2-12-9(5-6-20-12)13(17)14-10-7-8(15(18)19)3-4-11(10)16/h3-4,7,9,12,16H,2,5-6H2,1H3,(H,14,17). The number of anilines is 1. The fraction of sp³-hybridized carbons (Fsp3) is 0.462. The van der Waals surface area contributed by atoms with Gasteiger partial charge in [-0.25, -0.2) is 0 Å². The lowest BCUT2D eigenvalue weighted by Crippen LogP contribution is -2.29. The molecular formula is C13H16N2O5. The third-order valence-corrected chi connectivity index (χ3v) is 3.40. The van der Waals surface area contributed by atoms with Crippen molar-refractivity contribution < 1.29 is 19.6 Å². The molecule has 0 saturated carbocycles. The molecule has 1 heterocycles.